The van der Waals surface area contributed by atoms with Crippen LogP contribution in [0.15, 0.2) is 4.99 Å². The van der Waals surface area contributed by atoms with Gasteiger partial charge in [0.25, 0.3) is 0 Å². The Kier molecular flexibility index (Phi) is 7.46. The summed E-state index contributed by atoms with van der Waals surface area (Å²) in [6.45, 7) is 9.36. The molecule has 1 aliphatic heterocycles. The number of nitrogens with zero attached hydrogens (tertiary/aromatic N) is 2. The number of guanidine groups is 1. The fraction of sp³-hybridized carbons (Fsp3) is 0.941. The first-order chi connectivity index (χ1) is 10.7. The molecule has 0 aromatic carbocycles. The third-order valence-corrected chi connectivity index (χ3v) is 4.93. The lowest BCUT2D eigenvalue weighted by molar-refractivity contribution is 0.00751. The van der Waals surface area contributed by atoms with E-state index in [-0.39, 0.29) is 0 Å². The Morgan fingerprint density at radius 3 is 2.45 bits per heavy atom. The molecule has 0 aromatic heterocycles. The molecule has 2 fully saturated rings. The first-order valence-corrected chi connectivity index (χ1v) is 8.99. The molecule has 1 atom stereocenters. The highest BCUT2D eigenvalue weighted by molar-refractivity contribution is 5.80. The molecule has 1 unspecified atom stereocenters. The summed E-state index contributed by atoms with van der Waals surface area (Å²) in [6, 6.07) is 1.13. The van der Waals surface area contributed by atoms with Crippen molar-refractivity contribution in [2.45, 2.75) is 58.0 Å². The van der Waals surface area contributed by atoms with Crippen molar-refractivity contribution < 1.29 is 4.74 Å². The monoisotopic (exact) mass is 310 g/mol. The topological polar surface area (TPSA) is 48.9 Å². The standard InChI is InChI=1S/C17H34N4O/c1-14(2)16(21-9-11-22-12-10-21)13-19-17(18-3)20-15-7-5-4-6-8-15/h14-16H,4-13H2,1-3H3,(H2,18,19,20). The van der Waals surface area contributed by atoms with Crippen LogP contribution in [0.25, 0.3) is 0 Å². The van der Waals surface area contributed by atoms with E-state index in [0.29, 0.717) is 18.0 Å². The molecule has 2 rings (SSSR count). The summed E-state index contributed by atoms with van der Waals surface area (Å²) >= 11 is 0. The fourth-order valence-electron chi connectivity index (χ4n) is 3.53. The molecule has 22 heavy (non-hydrogen) atoms. The molecule has 5 nitrogen and oxygen atoms in total. The van der Waals surface area contributed by atoms with E-state index in [9.17, 15) is 0 Å². The Labute approximate surface area is 135 Å². The molecule has 1 aliphatic carbocycles. The largest absolute Gasteiger partial charge is 0.379 e. The number of aliphatic imine (C=N–C) groups is 1. The molecular formula is C17H34N4O. The lowest BCUT2D eigenvalue weighted by atomic mass is 9.96. The van der Waals surface area contributed by atoms with Gasteiger partial charge in [-0.1, -0.05) is 33.1 Å². The molecule has 1 heterocycles. The Morgan fingerprint density at radius 2 is 1.86 bits per heavy atom. The lowest BCUT2D eigenvalue weighted by Crippen LogP contribution is -2.53. The lowest BCUT2D eigenvalue weighted by Gasteiger charge is -2.37. The minimum atomic E-state index is 0.536. The van der Waals surface area contributed by atoms with Gasteiger partial charge >= 0.3 is 0 Å². The molecule has 0 radical (unpaired) electrons. The predicted octanol–water partition coefficient (Wildman–Crippen LogP) is 1.84. The highest BCUT2D eigenvalue weighted by Gasteiger charge is 2.24. The van der Waals surface area contributed by atoms with E-state index in [0.717, 1.165) is 38.8 Å². The molecule has 2 N–H and O–H groups in total. The van der Waals surface area contributed by atoms with Gasteiger partial charge in [0.15, 0.2) is 5.96 Å². The molecule has 5 heteroatoms. The van der Waals surface area contributed by atoms with Gasteiger partial charge in [-0.15, -0.1) is 0 Å². The summed E-state index contributed by atoms with van der Waals surface area (Å²) < 4.78 is 5.48. The van der Waals surface area contributed by atoms with E-state index in [1.165, 1.54) is 32.1 Å². The van der Waals surface area contributed by atoms with Crippen LogP contribution in [0.3, 0.4) is 0 Å². The van der Waals surface area contributed by atoms with E-state index >= 15 is 0 Å². The maximum Gasteiger partial charge on any atom is 0.191 e. The summed E-state index contributed by atoms with van der Waals surface area (Å²) in [6.07, 6.45) is 6.63. The maximum atomic E-state index is 5.48. The van der Waals surface area contributed by atoms with Crippen molar-refractivity contribution in [3.63, 3.8) is 0 Å². The van der Waals surface area contributed by atoms with Crippen molar-refractivity contribution in [2.75, 3.05) is 39.9 Å². The Bertz CT molecular complexity index is 334. The smallest absolute Gasteiger partial charge is 0.191 e. The summed E-state index contributed by atoms with van der Waals surface area (Å²) in [5.41, 5.74) is 0. The van der Waals surface area contributed by atoms with Gasteiger partial charge in [0.1, 0.15) is 0 Å². The average molecular weight is 310 g/mol. The van der Waals surface area contributed by atoms with Gasteiger partial charge in [0.2, 0.25) is 0 Å². The third-order valence-electron chi connectivity index (χ3n) is 4.93. The first-order valence-electron chi connectivity index (χ1n) is 8.99. The van der Waals surface area contributed by atoms with Gasteiger partial charge in [0.05, 0.1) is 13.2 Å². The van der Waals surface area contributed by atoms with Crippen molar-refractivity contribution >= 4 is 5.96 Å². The average Bonchev–Trinajstić information content (AvgIpc) is 2.55. The minimum absolute atomic E-state index is 0.536. The van der Waals surface area contributed by atoms with Crippen LogP contribution in [-0.2, 0) is 4.74 Å². The Hall–Kier alpha value is -0.810. The second kappa shape index (κ2) is 9.36. The van der Waals surface area contributed by atoms with Crippen LogP contribution < -0.4 is 10.6 Å². The van der Waals surface area contributed by atoms with Crippen molar-refractivity contribution in [1.29, 1.82) is 0 Å². The number of ether oxygens (including phenoxy) is 1. The second-order valence-corrected chi connectivity index (χ2v) is 6.89. The second-order valence-electron chi connectivity index (χ2n) is 6.89. The minimum Gasteiger partial charge on any atom is -0.379 e. The molecule has 2 aliphatic rings. The third kappa shape index (κ3) is 5.43. The molecule has 0 amide bonds. The van der Waals surface area contributed by atoms with Crippen LogP contribution in [0.2, 0.25) is 0 Å². The molecular weight excluding hydrogens is 276 g/mol. The van der Waals surface area contributed by atoms with Crippen LogP contribution in [0, 0.1) is 5.92 Å². The number of hydrogen-bond donors (Lipinski definition) is 2. The number of rotatable bonds is 5. The van der Waals surface area contributed by atoms with Gasteiger partial charge in [-0.3, -0.25) is 9.89 Å². The number of morpholine rings is 1. The zero-order valence-corrected chi connectivity index (χ0v) is 14.6. The molecule has 1 saturated heterocycles. The van der Waals surface area contributed by atoms with Crippen molar-refractivity contribution in [3.05, 3.63) is 0 Å². The Balaban J connectivity index is 1.81. The summed E-state index contributed by atoms with van der Waals surface area (Å²) in [5.74, 6) is 1.59. The zero-order valence-electron chi connectivity index (χ0n) is 14.6. The van der Waals surface area contributed by atoms with Crippen LogP contribution in [-0.4, -0.2) is 62.8 Å². The van der Waals surface area contributed by atoms with Crippen LogP contribution in [0.5, 0.6) is 0 Å². The molecule has 128 valence electrons. The van der Waals surface area contributed by atoms with E-state index in [4.69, 9.17) is 4.74 Å². The summed E-state index contributed by atoms with van der Waals surface area (Å²) in [5, 5.41) is 7.15. The van der Waals surface area contributed by atoms with Crippen molar-refractivity contribution in [1.82, 2.24) is 15.5 Å². The zero-order chi connectivity index (χ0) is 15.8. The van der Waals surface area contributed by atoms with Crippen LogP contribution in [0.4, 0.5) is 0 Å². The summed E-state index contributed by atoms with van der Waals surface area (Å²) in [4.78, 5) is 6.96. The predicted molar refractivity (Wildman–Crippen MR) is 92.4 cm³/mol. The van der Waals surface area contributed by atoms with Crippen LogP contribution in [0.1, 0.15) is 46.0 Å². The highest BCUT2D eigenvalue weighted by atomic mass is 16.5. The molecule has 1 saturated carbocycles. The summed E-state index contributed by atoms with van der Waals surface area (Å²) in [7, 11) is 1.87. The van der Waals surface area contributed by atoms with E-state index in [1.807, 2.05) is 7.05 Å². The van der Waals surface area contributed by atoms with E-state index in [1.54, 1.807) is 0 Å². The van der Waals surface area contributed by atoms with E-state index in [2.05, 4.69) is 34.4 Å². The van der Waals surface area contributed by atoms with E-state index < -0.39 is 0 Å². The normalized spacial score (nSPS) is 23.5. The van der Waals surface area contributed by atoms with Crippen LogP contribution >= 0.6 is 0 Å². The van der Waals surface area contributed by atoms with Crippen molar-refractivity contribution in [3.8, 4) is 0 Å². The first kappa shape index (κ1) is 17.5. The molecule has 0 spiro atoms. The van der Waals surface area contributed by atoms with Crippen molar-refractivity contribution in [2.24, 2.45) is 10.9 Å². The van der Waals surface area contributed by atoms with Gasteiger partial charge < -0.3 is 15.4 Å². The Morgan fingerprint density at radius 1 is 1.18 bits per heavy atom. The fourth-order valence-corrected chi connectivity index (χ4v) is 3.53. The van der Waals surface area contributed by atoms with Gasteiger partial charge in [-0.2, -0.15) is 0 Å². The molecule has 0 bridgehead atoms. The SMILES string of the molecule is CN=C(NCC(C(C)C)N1CCOCC1)NC1CCCCC1. The van der Waals surface area contributed by atoms with Gasteiger partial charge in [-0.25, -0.2) is 0 Å². The number of nitrogens with one attached hydrogen (secondary N) is 2. The maximum absolute atomic E-state index is 5.48. The number of hydrogen-bond acceptors (Lipinski definition) is 3. The highest BCUT2D eigenvalue weighted by Crippen LogP contribution is 2.17. The van der Waals surface area contributed by atoms with Gasteiger partial charge in [-0.05, 0) is 18.8 Å². The molecule has 0 aromatic rings. The quantitative estimate of drug-likeness (QED) is 0.601. The van der Waals surface area contributed by atoms with Gasteiger partial charge in [0, 0.05) is 38.8 Å².